The first kappa shape index (κ1) is 24.8. The van der Waals surface area contributed by atoms with E-state index in [9.17, 15) is 14.4 Å². The average Bonchev–Trinajstić information content (AvgIpc) is 3.45. The highest BCUT2D eigenvalue weighted by Crippen LogP contribution is 2.66. The van der Waals surface area contributed by atoms with Crippen LogP contribution in [0.4, 0.5) is 0 Å². The fourth-order valence-corrected chi connectivity index (χ4v) is 8.24. The number of carbonyl (C=O) groups is 3. The van der Waals surface area contributed by atoms with Crippen molar-refractivity contribution in [1.29, 1.82) is 0 Å². The number of thioether (sulfide) groups is 1. The fraction of sp³-hybridized carbons (Fsp3) is 0.870. The van der Waals surface area contributed by atoms with Crippen molar-refractivity contribution in [3.05, 3.63) is 0 Å². The zero-order valence-corrected chi connectivity index (χ0v) is 20.3. The summed E-state index contributed by atoms with van der Waals surface area (Å²) < 4.78 is 10.2. The maximum absolute atomic E-state index is 13.6. The number of morpholine rings is 1. The van der Waals surface area contributed by atoms with Crippen LogP contribution in [-0.2, 0) is 23.9 Å². The van der Waals surface area contributed by atoms with Gasteiger partial charge in [0.15, 0.2) is 0 Å². The largest absolute Gasteiger partial charge is 0.466 e. The van der Waals surface area contributed by atoms with E-state index in [1.54, 1.807) is 23.6 Å². The van der Waals surface area contributed by atoms with Crippen LogP contribution in [0.5, 0.6) is 0 Å². The molecule has 4 heterocycles. The Hall–Kier alpha value is -1.36. The molecule has 0 aliphatic carbocycles. The Bertz CT molecular complexity index is 733. The van der Waals surface area contributed by atoms with Crippen molar-refractivity contribution in [3.8, 4) is 0 Å². The summed E-state index contributed by atoms with van der Waals surface area (Å²) in [5, 5.41) is 12.2. The van der Waals surface area contributed by atoms with Gasteiger partial charge in [0.05, 0.1) is 36.4 Å². The van der Waals surface area contributed by atoms with Gasteiger partial charge in [-0.25, -0.2) is 0 Å². The number of aliphatic hydroxyl groups excluding tert-OH is 1. The molecule has 4 fully saturated rings. The van der Waals surface area contributed by atoms with Gasteiger partial charge in [-0.15, -0.1) is 11.8 Å². The second-order valence-corrected chi connectivity index (χ2v) is 11.0. The molecule has 0 aromatic heterocycles. The molecule has 0 radical (unpaired) electrons. The van der Waals surface area contributed by atoms with Crippen LogP contribution >= 0.6 is 11.8 Å². The van der Waals surface area contributed by atoms with Crippen molar-refractivity contribution in [2.45, 2.75) is 55.1 Å². The number of hydrogen-bond acceptors (Lipinski definition) is 8. The molecule has 0 saturated carbocycles. The minimum atomic E-state index is -0.566. The van der Waals surface area contributed by atoms with Gasteiger partial charge >= 0.3 is 5.97 Å². The quantitative estimate of drug-likeness (QED) is 0.318. The third-order valence-electron chi connectivity index (χ3n) is 7.50. The molecule has 5 atom stereocenters. The number of aliphatic hydroxyl groups is 1. The molecule has 33 heavy (non-hydrogen) atoms. The average molecular weight is 484 g/mol. The van der Waals surface area contributed by atoms with Crippen LogP contribution in [0.25, 0.3) is 0 Å². The molecular formula is C23H37N3O6S. The van der Waals surface area contributed by atoms with Crippen molar-refractivity contribution in [3.63, 3.8) is 0 Å². The SMILES string of the molecule is CCOC(=O)[C@@H]1[C@H]2C(=O)N(CCCCCO)C(C(=O)NCCN3CCOCC3)C23CC[C@H]1S3. The van der Waals surface area contributed by atoms with Gasteiger partial charge in [0.25, 0.3) is 0 Å². The predicted octanol–water partition coefficient (Wildman–Crippen LogP) is 0.252. The van der Waals surface area contributed by atoms with Crippen LogP contribution in [0.1, 0.15) is 39.0 Å². The van der Waals surface area contributed by atoms with Gasteiger partial charge in [0.2, 0.25) is 11.8 Å². The van der Waals surface area contributed by atoms with E-state index in [1.165, 1.54) is 0 Å². The Kier molecular flexibility index (Phi) is 8.19. The smallest absolute Gasteiger partial charge is 0.310 e. The summed E-state index contributed by atoms with van der Waals surface area (Å²) in [4.78, 5) is 44.0. The van der Waals surface area contributed by atoms with E-state index in [2.05, 4.69) is 10.2 Å². The van der Waals surface area contributed by atoms with Gasteiger partial charge < -0.3 is 24.8 Å². The summed E-state index contributed by atoms with van der Waals surface area (Å²) in [6, 6.07) is -0.566. The Morgan fingerprint density at radius 1 is 1.24 bits per heavy atom. The van der Waals surface area contributed by atoms with E-state index in [0.29, 0.717) is 32.7 Å². The Labute approximate surface area is 199 Å². The van der Waals surface area contributed by atoms with Crippen molar-refractivity contribution in [2.75, 3.05) is 59.2 Å². The first-order chi connectivity index (χ1) is 16.0. The molecule has 9 nitrogen and oxygen atoms in total. The Balaban J connectivity index is 1.49. The molecule has 2 unspecified atom stereocenters. The molecule has 1 spiro atoms. The molecule has 4 rings (SSSR count). The Morgan fingerprint density at radius 3 is 2.76 bits per heavy atom. The molecule has 4 aliphatic rings. The van der Waals surface area contributed by atoms with Gasteiger partial charge in [0, 0.05) is 44.6 Å². The Morgan fingerprint density at radius 2 is 2.03 bits per heavy atom. The molecule has 2 N–H and O–H groups in total. The van der Waals surface area contributed by atoms with Gasteiger partial charge in [-0.1, -0.05) is 0 Å². The predicted molar refractivity (Wildman–Crippen MR) is 124 cm³/mol. The third kappa shape index (κ3) is 4.76. The van der Waals surface area contributed by atoms with Gasteiger partial charge in [-0.3, -0.25) is 19.3 Å². The van der Waals surface area contributed by atoms with Gasteiger partial charge in [-0.2, -0.15) is 0 Å². The lowest BCUT2D eigenvalue weighted by molar-refractivity contribution is -0.153. The molecule has 4 saturated heterocycles. The van der Waals surface area contributed by atoms with Crippen LogP contribution in [0.3, 0.4) is 0 Å². The number of nitrogens with zero attached hydrogens (tertiary/aromatic N) is 2. The summed E-state index contributed by atoms with van der Waals surface area (Å²) in [6.07, 6.45) is 3.79. The van der Waals surface area contributed by atoms with E-state index in [1.807, 2.05) is 0 Å². The van der Waals surface area contributed by atoms with Crippen molar-refractivity contribution in [1.82, 2.24) is 15.1 Å². The summed E-state index contributed by atoms with van der Waals surface area (Å²) >= 11 is 1.67. The lowest BCUT2D eigenvalue weighted by Gasteiger charge is -2.34. The minimum Gasteiger partial charge on any atom is -0.466 e. The van der Waals surface area contributed by atoms with Crippen molar-refractivity contribution in [2.24, 2.45) is 11.8 Å². The van der Waals surface area contributed by atoms with E-state index in [4.69, 9.17) is 14.6 Å². The zero-order valence-electron chi connectivity index (χ0n) is 19.5. The second-order valence-electron chi connectivity index (χ2n) is 9.37. The number of amides is 2. The molecule has 2 amide bonds. The van der Waals surface area contributed by atoms with E-state index < -0.39 is 22.6 Å². The maximum atomic E-state index is 13.6. The maximum Gasteiger partial charge on any atom is 0.310 e. The van der Waals surface area contributed by atoms with Crippen LogP contribution in [0.2, 0.25) is 0 Å². The van der Waals surface area contributed by atoms with E-state index in [-0.39, 0.29) is 36.2 Å². The highest BCUT2D eigenvalue weighted by Gasteiger charge is 2.73. The van der Waals surface area contributed by atoms with Crippen LogP contribution in [-0.4, -0.2) is 108 Å². The molecule has 0 aromatic carbocycles. The van der Waals surface area contributed by atoms with Gasteiger partial charge in [0.1, 0.15) is 6.04 Å². The number of carbonyl (C=O) groups excluding carboxylic acids is 3. The first-order valence-corrected chi connectivity index (χ1v) is 13.2. The topological polar surface area (TPSA) is 108 Å². The monoisotopic (exact) mass is 483 g/mol. The van der Waals surface area contributed by atoms with Gasteiger partial charge in [-0.05, 0) is 39.0 Å². The second kappa shape index (κ2) is 10.9. The molecule has 2 bridgehead atoms. The first-order valence-electron chi connectivity index (χ1n) is 12.4. The number of ether oxygens (including phenoxy) is 2. The lowest BCUT2D eigenvalue weighted by Crippen LogP contribution is -2.54. The standard InChI is InChI=1S/C23H37N3O6S/c1-2-32-22(30)17-16-6-7-23(33-16)18(17)21(29)26(9-4-3-5-13-27)19(23)20(28)24-8-10-25-11-14-31-15-12-25/h16-19,27H,2-15H2,1H3,(H,24,28)/t16-,17+,18+,19?,23?/m1/s1. The fourth-order valence-electron chi connectivity index (χ4n) is 6.03. The third-order valence-corrected chi connectivity index (χ3v) is 9.45. The normalized spacial score (nSPS) is 33.4. The summed E-state index contributed by atoms with van der Waals surface area (Å²) in [7, 11) is 0. The molecule has 186 valence electrons. The van der Waals surface area contributed by atoms with Crippen molar-refractivity contribution < 1.29 is 29.0 Å². The van der Waals surface area contributed by atoms with E-state index >= 15 is 0 Å². The van der Waals surface area contributed by atoms with Crippen LogP contribution < -0.4 is 5.32 Å². The summed E-state index contributed by atoms with van der Waals surface area (Å²) in [5.41, 5.74) is 0. The highest BCUT2D eigenvalue weighted by molar-refractivity contribution is 8.02. The molecule has 4 aliphatic heterocycles. The van der Waals surface area contributed by atoms with E-state index in [0.717, 1.165) is 45.3 Å². The zero-order chi connectivity index (χ0) is 23.4. The van der Waals surface area contributed by atoms with Crippen LogP contribution in [0, 0.1) is 11.8 Å². The number of fused-ring (bicyclic) bond motifs is 1. The van der Waals surface area contributed by atoms with Crippen molar-refractivity contribution >= 4 is 29.5 Å². The summed E-state index contributed by atoms with van der Waals surface area (Å²) in [6.45, 7) is 7.09. The number of esters is 1. The summed E-state index contributed by atoms with van der Waals surface area (Å²) in [5.74, 6) is -1.46. The molecule has 10 heteroatoms. The number of rotatable bonds is 11. The lowest BCUT2D eigenvalue weighted by atomic mass is 9.71. The molecule has 0 aromatic rings. The minimum absolute atomic E-state index is 0.0400. The molecular weight excluding hydrogens is 446 g/mol. The number of nitrogens with one attached hydrogen (secondary N) is 1. The number of hydrogen-bond donors (Lipinski definition) is 2. The number of likely N-dealkylation sites (tertiary alicyclic amines) is 1. The number of unbranched alkanes of at least 4 members (excludes halogenated alkanes) is 2. The van der Waals surface area contributed by atoms with Crippen LogP contribution in [0.15, 0.2) is 0 Å². The highest BCUT2D eigenvalue weighted by atomic mass is 32.2.